The van der Waals surface area contributed by atoms with Crippen LogP contribution in [0.15, 0.2) is 60.7 Å². The zero-order valence-electron chi connectivity index (χ0n) is 16.2. The van der Waals surface area contributed by atoms with Crippen LogP contribution in [0.25, 0.3) is 21.5 Å². The van der Waals surface area contributed by atoms with Gasteiger partial charge in [0.15, 0.2) is 0 Å². The number of carbonyl (C=O) groups is 1. The Labute approximate surface area is 172 Å². The van der Waals surface area contributed by atoms with E-state index >= 15 is 0 Å². The van der Waals surface area contributed by atoms with Gasteiger partial charge >= 0.3 is 5.97 Å². The van der Waals surface area contributed by atoms with Crippen molar-refractivity contribution in [2.45, 2.75) is 19.8 Å². The van der Waals surface area contributed by atoms with E-state index in [9.17, 15) is 18.8 Å². The molecule has 0 spiro atoms. The highest BCUT2D eigenvalue weighted by atomic mass is 19.1. The normalized spacial score (nSPS) is 10.9. The standard InChI is InChI=1S/C25H17F2NO2/c1-2-3-15-4-6-23-22-7-5-16(9-17(22)10-18(14-28)24(23)8-15)25(29)30-21-12-19(26)11-20(27)13-21/h4-13H,2-3H2,1H3. The topological polar surface area (TPSA) is 50.1 Å². The lowest BCUT2D eigenvalue weighted by Gasteiger charge is -2.10. The van der Waals surface area contributed by atoms with Gasteiger partial charge in [0.25, 0.3) is 0 Å². The third-order valence-corrected chi connectivity index (χ3v) is 4.96. The van der Waals surface area contributed by atoms with Crippen LogP contribution in [-0.2, 0) is 6.42 Å². The van der Waals surface area contributed by atoms with Crippen molar-refractivity contribution in [3.63, 3.8) is 0 Å². The summed E-state index contributed by atoms with van der Waals surface area (Å²) in [7, 11) is 0. The molecule has 148 valence electrons. The average molecular weight is 401 g/mol. The summed E-state index contributed by atoms with van der Waals surface area (Å²) in [5.74, 6) is -2.61. The van der Waals surface area contributed by atoms with Gasteiger partial charge in [-0.05, 0) is 52.4 Å². The van der Waals surface area contributed by atoms with Gasteiger partial charge in [-0.15, -0.1) is 0 Å². The molecule has 0 aliphatic heterocycles. The first-order valence-electron chi connectivity index (χ1n) is 9.56. The predicted molar refractivity (Wildman–Crippen MR) is 111 cm³/mol. The molecule has 0 aromatic heterocycles. The third-order valence-electron chi connectivity index (χ3n) is 4.96. The van der Waals surface area contributed by atoms with Gasteiger partial charge in [0.2, 0.25) is 0 Å². The molecule has 4 aromatic carbocycles. The zero-order valence-corrected chi connectivity index (χ0v) is 16.2. The molecule has 0 amide bonds. The number of carbonyl (C=O) groups excluding carboxylic acids is 1. The maximum atomic E-state index is 13.3. The van der Waals surface area contributed by atoms with Crippen LogP contribution in [0, 0.1) is 23.0 Å². The van der Waals surface area contributed by atoms with Gasteiger partial charge < -0.3 is 4.74 Å². The second-order valence-electron chi connectivity index (χ2n) is 7.10. The minimum atomic E-state index is -0.830. The monoisotopic (exact) mass is 401 g/mol. The molecule has 0 radical (unpaired) electrons. The highest BCUT2D eigenvalue weighted by Gasteiger charge is 2.14. The van der Waals surface area contributed by atoms with Gasteiger partial charge in [-0.2, -0.15) is 5.26 Å². The molecule has 0 N–H and O–H groups in total. The predicted octanol–water partition coefficient (Wildman–Crippen LogP) is 6.31. The molecule has 5 heteroatoms. The van der Waals surface area contributed by atoms with Gasteiger partial charge in [-0.3, -0.25) is 0 Å². The first kappa shape index (κ1) is 19.5. The summed E-state index contributed by atoms with van der Waals surface area (Å²) in [5, 5.41) is 13.0. The first-order chi connectivity index (χ1) is 14.5. The highest BCUT2D eigenvalue weighted by Crippen LogP contribution is 2.31. The number of ether oxygens (including phenoxy) is 1. The van der Waals surface area contributed by atoms with Crippen LogP contribution in [0.3, 0.4) is 0 Å². The molecule has 0 unspecified atom stereocenters. The number of hydrogen-bond donors (Lipinski definition) is 0. The van der Waals surface area contributed by atoms with Crippen LogP contribution in [0.4, 0.5) is 8.78 Å². The van der Waals surface area contributed by atoms with Crippen molar-refractivity contribution in [2.75, 3.05) is 0 Å². The van der Waals surface area contributed by atoms with Gasteiger partial charge in [-0.25, -0.2) is 13.6 Å². The van der Waals surface area contributed by atoms with Crippen LogP contribution >= 0.6 is 0 Å². The second kappa shape index (κ2) is 7.92. The Balaban J connectivity index is 1.76. The summed E-state index contributed by atoms with van der Waals surface area (Å²) in [6.45, 7) is 2.11. The number of nitrogens with zero attached hydrogens (tertiary/aromatic N) is 1. The summed E-state index contributed by atoms with van der Waals surface area (Å²) < 4.78 is 31.8. The van der Waals surface area contributed by atoms with E-state index in [0.29, 0.717) is 17.0 Å². The van der Waals surface area contributed by atoms with E-state index in [1.165, 1.54) is 5.56 Å². The molecule has 0 aliphatic rings. The average Bonchev–Trinajstić information content (AvgIpc) is 2.72. The largest absolute Gasteiger partial charge is 0.423 e. The fourth-order valence-electron chi connectivity index (χ4n) is 3.63. The van der Waals surface area contributed by atoms with Crippen LogP contribution in [0.5, 0.6) is 5.75 Å². The summed E-state index contributed by atoms with van der Waals surface area (Å²) in [6, 6.07) is 17.7. The smallest absolute Gasteiger partial charge is 0.343 e. The molecule has 0 saturated carbocycles. The molecule has 0 heterocycles. The van der Waals surface area contributed by atoms with Gasteiger partial charge in [0, 0.05) is 23.6 Å². The number of aryl methyl sites for hydroxylation is 1. The van der Waals surface area contributed by atoms with E-state index < -0.39 is 17.6 Å². The number of fused-ring (bicyclic) bond motifs is 3. The molecular weight excluding hydrogens is 384 g/mol. The molecule has 4 rings (SSSR count). The van der Waals surface area contributed by atoms with E-state index in [1.807, 2.05) is 18.2 Å². The maximum Gasteiger partial charge on any atom is 0.343 e. The van der Waals surface area contributed by atoms with E-state index in [2.05, 4.69) is 13.0 Å². The van der Waals surface area contributed by atoms with E-state index in [4.69, 9.17) is 4.74 Å². The fraction of sp³-hybridized carbons (Fsp3) is 0.120. The quantitative estimate of drug-likeness (QED) is 0.229. The number of hydrogen-bond acceptors (Lipinski definition) is 3. The lowest BCUT2D eigenvalue weighted by Crippen LogP contribution is -2.08. The Morgan fingerprint density at radius 3 is 2.37 bits per heavy atom. The second-order valence-corrected chi connectivity index (χ2v) is 7.10. The summed E-state index contributed by atoms with van der Waals surface area (Å²) >= 11 is 0. The molecule has 3 nitrogen and oxygen atoms in total. The lowest BCUT2D eigenvalue weighted by atomic mass is 9.94. The first-order valence-corrected chi connectivity index (χ1v) is 9.56. The lowest BCUT2D eigenvalue weighted by molar-refractivity contribution is 0.0734. The van der Waals surface area contributed by atoms with Crippen LogP contribution in [0.1, 0.15) is 34.8 Å². The van der Waals surface area contributed by atoms with E-state index in [0.717, 1.165) is 41.1 Å². The van der Waals surface area contributed by atoms with E-state index in [1.54, 1.807) is 24.3 Å². The molecule has 0 atom stereocenters. The maximum absolute atomic E-state index is 13.3. The Kier molecular flexibility index (Phi) is 5.16. The summed E-state index contributed by atoms with van der Waals surface area (Å²) in [6.07, 6.45) is 1.95. The van der Waals surface area contributed by atoms with Crippen molar-refractivity contribution in [1.82, 2.24) is 0 Å². The van der Waals surface area contributed by atoms with E-state index in [-0.39, 0.29) is 11.3 Å². The van der Waals surface area contributed by atoms with Crippen molar-refractivity contribution in [1.29, 1.82) is 5.26 Å². The van der Waals surface area contributed by atoms with Crippen molar-refractivity contribution in [3.05, 3.63) is 89.0 Å². The number of nitriles is 1. The Bertz CT molecular complexity index is 1320. The number of esters is 1. The van der Waals surface area contributed by atoms with Crippen molar-refractivity contribution < 1.29 is 18.3 Å². The number of halogens is 2. The Morgan fingerprint density at radius 1 is 0.933 bits per heavy atom. The molecule has 0 bridgehead atoms. The molecule has 0 fully saturated rings. The summed E-state index contributed by atoms with van der Waals surface area (Å²) in [4.78, 5) is 12.5. The summed E-state index contributed by atoms with van der Waals surface area (Å²) in [5.41, 5.74) is 1.91. The van der Waals surface area contributed by atoms with Crippen LogP contribution < -0.4 is 4.74 Å². The third kappa shape index (κ3) is 3.72. The van der Waals surface area contributed by atoms with Crippen molar-refractivity contribution in [3.8, 4) is 11.8 Å². The van der Waals surface area contributed by atoms with Crippen LogP contribution in [-0.4, -0.2) is 5.97 Å². The Hall–Kier alpha value is -3.78. The molecular formula is C25H17F2NO2. The minimum Gasteiger partial charge on any atom is -0.423 e. The molecule has 30 heavy (non-hydrogen) atoms. The number of rotatable bonds is 4. The highest BCUT2D eigenvalue weighted by molar-refractivity contribution is 6.11. The van der Waals surface area contributed by atoms with Crippen molar-refractivity contribution in [2.24, 2.45) is 0 Å². The minimum absolute atomic E-state index is 0.211. The van der Waals surface area contributed by atoms with Gasteiger partial charge in [0.05, 0.1) is 17.2 Å². The molecule has 0 aliphatic carbocycles. The van der Waals surface area contributed by atoms with Crippen molar-refractivity contribution >= 4 is 27.5 Å². The zero-order chi connectivity index (χ0) is 21.3. The SMILES string of the molecule is CCCc1ccc2c(c1)c(C#N)cc1cc(C(=O)Oc3cc(F)cc(F)c3)ccc12. The molecule has 0 saturated heterocycles. The van der Waals surface area contributed by atoms with Crippen LogP contribution in [0.2, 0.25) is 0 Å². The Morgan fingerprint density at radius 2 is 1.67 bits per heavy atom. The number of benzene rings is 4. The van der Waals surface area contributed by atoms with Gasteiger partial charge in [-0.1, -0.05) is 31.5 Å². The fourth-order valence-corrected chi connectivity index (χ4v) is 3.63. The molecule has 4 aromatic rings. The van der Waals surface area contributed by atoms with Gasteiger partial charge in [0.1, 0.15) is 17.4 Å².